The van der Waals surface area contributed by atoms with Crippen LogP contribution in [0.4, 0.5) is 21.8 Å². The number of hydrogen-bond acceptors (Lipinski definition) is 5. The van der Waals surface area contributed by atoms with E-state index < -0.39 is 0 Å². The van der Waals surface area contributed by atoms with Gasteiger partial charge in [-0.15, -0.1) is 0 Å². The summed E-state index contributed by atoms with van der Waals surface area (Å²) in [4.78, 5) is 10.8. The molecule has 28 heavy (non-hydrogen) atoms. The Bertz CT molecular complexity index is 820. The van der Waals surface area contributed by atoms with Gasteiger partial charge in [0.05, 0.1) is 0 Å². The molecular weight excluding hydrogens is 375 g/mol. The van der Waals surface area contributed by atoms with Gasteiger partial charge in [-0.3, -0.25) is 0 Å². The Balaban J connectivity index is 1.46. The third kappa shape index (κ3) is 5.51. The highest BCUT2D eigenvalue weighted by Crippen LogP contribution is 2.22. The largest absolute Gasteiger partial charge is 0.363 e. The highest BCUT2D eigenvalue weighted by molar-refractivity contribution is 7.80. The molecule has 3 N–H and O–H groups in total. The Morgan fingerprint density at radius 2 is 1.86 bits per heavy atom. The molecule has 0 amide bonds. The van der Waals surface area contributed by atoms with Gasteiger partial charge in [-0.05, 0) is 74.7 Å². The van der Waals surface area contributed by atoms with Crippen LogP contribution in [0.3, 0.4) is 0 Å². The molecule has 150 valence electrons. The van der Waals surface area contributed by atoms with Crippen LogP contribution < -0.4 is 20.9 Å². The average molecular weight is 403 g/mol. The average Bonchev–Trinajstić information content (AvgIpc) is 2.66. The standard InChI is InChI=1S/C20H27FN6S/c1-13-12-14(21)4-9-17(13)25-20(28)24-16-7-5-15(6-8-16)23-19-22-11-10-18(26-19)27(2)3/h4,9-12,15-16H,5-8H2,1-3H3,(H,22,23,26)(H2,24,25,28)/t15-,16+. The van der Waals surface area contributed by atoms with E-state index in [1.54, 1.807) is 12.3 Å². The molecule has 1 fully saturated rings. The van der Waals surface area contributed by atoms with Crippen molar-refractivity contribution < 1.29 is 4.39 Å². The van der Waals surface area contributed by atoms with Crippen molar-refractivity contribution in [1.29, 1.82) is 0 Å². The lowest BCUT2D eigenvalue weighted by molar-refractivity contribution is 0.387. The third-order valence-electron chi connectivity index (χ3n) is 4.93. The van der Waals surface area contributed by atoms with Crippen LogP contribution in [0.2, 0.25) is 0 Å². The summed E-state index contributed by atoms with van der Waals surface area (Å²) >= 11 is 5.43. The summed E-state index contributed by atoms with van der Waals surface area (Å²) in [5.41, 5.74) is 1.66. The minimum Gasteiger partial charge on any atom is -0.363 e. The van der Waals surface area contributed by atoms with Gasteiger partial charge in [-0.25, -0.2) is 9.37 Å². The molecule has 0 atom stereocenters. The normalized spacial score (nSPS) is 19.0. The molecular formula is C20H27FN6S. The number of thiocarbonyl (C=S) groups is 1. The molecule has 2 aromatic rings. The van der Waals surface area contributed by atoms with Crippen molar-refractivity contribution in [2.75, 3.05) is 29.6 Å². The fraction of sp³-hybridized carbons (Fsp3) is 0.450. The fourth-order valence-electron chi connectivity index (χ4n) is 3.34. The van der Waals surface area contributed by atoms with Crippen molar-refractivity contribution in [3.05, 3.63) is 41.8 Å². The molecule has 1 aliphatic carbocycles. The maximum absolute atomic E-state index is 13.2. The molecule has 0 spiro atoms. The van der Waals surface area contributed by atoms with E-state index in [0.29, 0.717) is 23.1 Å². The van der Waals surface area contributed by atoms with Crippen LogP contribution in [0.5, 0.6) is 0 Å². The van der Waals surface area contributed by atoms with Gasteiger partial charge in [0.2, 0.25) is 5.95 Å². The molecule has 8 heteroatoms. The van der Waals surface area contributed by atoms with Crippen LogP contribution in [-0.4, -0.2) is 41.3 Å². The number of halogens is 1. The number of rotatable bonds is 5. The highest BCUT2D eigenvalue weighted by Gasteiger charge is 2.22. The number of hydrogen-bond donors (Lipinski definition) is 3. The van der Waals surface area contributed by atoms with E-state index in [0.717, 1.165) is 42.8 Å². The SMILES string of the molecule is Cc1cc(F)ccc1NC(=S)N[C@H]1CC[C@@H](Nc2nccc(N(C)C)n2)CC1. The first-order valence-corrected chi connectivity index (χ1v) is 9.92. The quantitative estimate of drug-likeness (QED) is 0.659. The first-order valence-electron chi connectivity index (χ1n) is 9.51. The van der Waals surface area contributed by atoms with Gasteiger partial charge >= 0.3 is 0 Å². The lowest BCUT2D eigenvalue weighted by Crippen LogP contribution is -2.42. The summed E-state index contributed by atoms with van der Waals surface area (Å²) in [6, 6.07) is 7.21. The molecule has 1 heterocycles. The number of anilines is 3. The van der Waals surface area contributed by atoms with E-state index in [9.17, 15) is 4.39 Å². The van der Waals surface area contributed by atoms with Crippen LogP contribution >= 0.6 is 12.2 Å². The zero-order valence-electron chi connectivity index (χ0n) is 16.5. The second kappa shape index (κ2) is 9.14. The highest BCUT2D eigenvalue weighted by atomic mass is 32.1. The van der Waals surface area contributed by atoms with Crippen molar-refractivity contribution in [1.82, 2.24) is 15.3 Å². The van der Waals surface area contributed by atoms with E-state index in [1.807, 2.05) is 32.0 Å². The first-order chi connectivity index (χ1) is 13.4. The molecule has 1 aromatic heterocycles. The van der Waals surface area contributed by atoms with Crippen LogP contribution in [-0.2, 0) is 0 Å². The van der Waals surface area contributed by atoms with Gasteiger partial charge in [0.15, 0.2) is 5.11 Å². The second-order valence-electron chi connectivity index (χ2n) is 7.38. The first kappa shape index (κ1) is 20.3. The third-order valence-corrected chi connectivity index (χ3v) is 5.15. The minimum atomic E-state index is -0.243. The Hall–Kier alpha value is -2.48. The molecule has 0 aliphatic heterocycles. The summed E-state index contributed by atoms with van der Waals surface area (Å²) in [5, 5.41) is 10.6. The summed E-state index contributed by atoms with van der Waals surface area (Å²) in [7, 11) is 3.93. The van der Waals surface area contributed by atoms with Crippen molar-refractivity contribution in [3.63, 3.8) is 0 Å². The summed E-state index contributed by atoms with van der Waals surface area (Å²) < 4.78 is 13.2. The van der Waals surface area contributed by atoms with Crippen molar-refractivity contribution in [2.45, 2.75) is 44.7 Å². The van der Waals surface area contributed by atoms with E-state index in [2.05, 4.69) is 25.9 Å². The summed E-state index contributed by atoms with van der Waals surface area (Å²) in [5.74, 6) is 1.32. The Kier molecular flexibility index (Phi) is 6.61. The van der Waals surface area contributed by atoms with Crippen molar-refractivity contribution >= 4 is 34.8 Å². The number of aryl methyl sites for hydroxylation is 1. The molecule has 6 nitrogen and oxygen atoms in total. The minimum absolute atomic E-state index is 0.243. The molecule has 1 aliphatic rings. The second-order valence-corrected chi connectivity index (χ2v) is 7.79. The van der Waals surface area contributed by atoms with E-state index in [1.165, 1.54) is 12.1 Å². The number of nitrogens with zero attached hydrogens (tertiary/aromatic N) is 3. The Morgan fingerprint density at radius 1 is 1.14 bits per heavy atom. The van der Waals surface area contributed by atoms with Gasteiger partial charge in [-0.1, -0.05) is 0 Å². The lowest BCUT2D eigenvalue weighted by atomic mass is 9.91. The van der Waals surface area contributed by atoms with E-state index in [-0.39, 0.29) is 5.82 Å². The Labute approximate surface area is 171 Å². The van der Waals surface area contributed by atoms with Crippen LogP contribution in [0.1, 0.15) is 31.2 Å². The lowest BCUT2D eigenvalue weighted by Gasteiger charge is -2.30. The smallest absolute Gasteiger partial charge is 0.224 e. The summed E-state index contributed by atoms with van der Waals surface area (Å²) in [6.45, 7) is 1.86. The molecule has 0 radical (unpaired) electrons. The summed E-state index contributed by atoms with van der Waals surface area (Å²) in [6.07, 6.45) is 5.83. The predicted octanol–water partition coefficient (Wildman–Crippen LogP) is 3.70. The van der Waals surface area contributed by atoms with Crippen LogP contribution in [0.25, 0.3) is 0 Å². The predicted molar refractivity (Wildman–Crippen MR) is 117 cm³/mol. The molecule has 3 rings (SSSR count). The zero-order valence-corrected chi connectivity index (χ0v) is 17.3. The molecule has 0 bridgehead atoms. The molecule has 1 aromatic carbocycles. The van der Waals surface area contributed by atoms with Gasteiger partial charge in [0.1, 0.15) is 11.6 Å². The maximum Gasteiger partial charge on any atom is 0.224 e. The molecule has 0 saturated heterocycles. The van der Waals surface area contributed by atoms with Gasteiger partial charge in [0.25, 0.3) is 0 Å². The van der Waals surface area contributed by atoms with E-state index >= 15 is 0 Å². The van der Waals surface area contributed by atoms with Gasteiger partial charge in [0, 0.05) is 38.1 Å². The Morgan fingerprint density at radius 3 is 2.54 bits per heavy atom. The zero-order chi connectivity index (χ0) is 20.1. The van der Waals surface area contributed by atoms with Crippen molar-refractivity contribution in [2.24, 2.45) is 0 Å². The molecule has 1 saturated carbocycles. The topological polar surface area (TPSA) is 65.1 Å². The maximum atomic E-state index is 13.2. The van der Waals surface area contributed by atoms with E-state index in [4.69, 9.17) is 12.2 Å². The van der Waals surface area contributed by atoms with Gasteiger partial charge in [-0.2, -0.15) is 4.98 Å². The van der Waals surface area contributed by atoms with Crippen LogP contribution in [0, 0.1) is 12.7 Å². The number of nitrogens with one attached hydrogen (secondary N) is 3. The van der Waals surface area contributed by atoms with Gasteiger partial charge < -0.3 is 20.9 Å². The van der Waals surface area contributed by atoms with Crippen molar-refractivity contribution in [3.8, 4) is 0 Å². The monoisotopic (exact) mass is 402 g/mol. The molecule has 0 unspecified atom stereocenters. The van der Waals surface area contributed by atoms with Crippen LogP contribution in [0.15, 0.2) is 30.5 Å². The fourth-order valence-corrected chi connectivity index (χ4v) is 3.62. The number of aromatic nitrogens is 2. The number of benzene rings is 1.